The van der Waals surface area contributed by atoms with E-state index in [0.717, 1.165) is 0 Å². The van der Waals surface area contributed by atoms with Gasteiger partial charge in [0.2, 0.25) is 5.78 Å². The van der Waals surface area contributed by atoms with E-state index < -0.39 is 15.8 Å². The van der Waals surface area contributed by atoms with Gasteiger partial charge in [-0.25, -0.2) is 8.42 Å². The maximum atomic E-state index is 11.8. The lowest BCUT2D eigenvalue weighted by Gasteiger charge is -2.02. The zero-order valence-corrected chi connectivity index (χ0v) is 10.2. The maximum absolute atomic E-state index is 11.8. The molecule has 1 fully saturated rings. The van der Waals surface area contributed by atoms with Crippen molar-refractivity contribution < 1.29 is 17.6 Å². The van der Waals surface area contributed by atoms with E-state index in [-0.39, 0.29) is 23.0 Å². The quantitative estimate of drug-likeness (QED) is 0.778. The van der Waals surface area contributed by atoms with Crippen molar-refractivity contribution >= 4 is 31.6 Å². The Morgan fingerprint density at radius 3 is 2.67 bits per heavy atom. The molecule has 15 heavy (non-hydrogen) atoms. The average Bonchev–Trinajstić information content (AvgIpc) is 2.71. The van der Waals surface area contributed by atoms with Gasteiger partial charge in [0, 0.05) is 5.92 Å². The summed E-state index contributed by atoms with van der Waals surface area (Å²) in [7, 11) is -3.02. The molecular formula is C9H9BrO4S. The number of furan rings is 1. The maximum Gasteiger partial charge on any atom is 0.202 e. The molecule has 4 nitrogen and oxygen atoms in total. The van der Waals surface area contributed by atoms with Crippen LogP contribution in [-0.2, 0) is 9.84 Å². The molecule has 1 aromatic heterocycles. The molecule has 2 rings (SSSR count). The van der Waals surface area contributed by atoms with Crippen LogP contribution in [0.5, 0.6) is 0 Å². The Morgan fingerprint density at radius 2 is 2.20 bits per heavy atom. The van der Waals surface area contributed by atoms with Gasteiger partial charge in [0.1, 0.15) is 0 Å². The molecule has 0 spiro atoms. The number of rotatable bonds is 2. The molecule has 1 unspecified atom stereocenters. The van der Waals surface area contributed by atoms with Crippen LogP contribution in [0.25, 0.3) is 0 Å². The Balaban J connectivity index is 2.17. The van der Waals surface area contributed by atoms with Crippen LogP contribution in [0.3, 0.4) is 0 Å². The number of carbonyl (C=O) groups excluding carboxylic acids is 1. The van der Waals surface area contributed by atoms with Crippen LogP contribution in [-0.4, -0.2) is 25.7 Å². The molecule has 0 amide bonds. The fourth-order valence-electron chi connectivity index (χ4n) is 1.65. The largest absolute Gasteiger partial charge is 0.446 e. The van der Waals surface area contributed by atoms with E-state index in [9.17, 15) is 13.2 Å². The molecule has 0 radical (unpaired) electrons. The molecular weight excluding hydrogens is 284 g/mol. The Kier molecular flexibility index (Phi) is 2.72. The molecule has 6 heteroatoms. The highest BCUT2D eigenvalue weighted by Gasteiger charge is 2.34. The Hall–Kier alpha value is -0.620. The van der Waals surface area contributed by atoms with Crippen LogP contribution in [0.2, 0.25) is 0 Å². The fraction of sp³-hybridized carbons (Fsp3) is 0.444. The van der Waals surface area contributed by atoms with Gasteiger partial charge in [-0.15, -0.1) is 0 Å². The number of carbonyl (C=O) groups is 1. The van der Waals surface area contributed by atoms with E-state index >= 15 is 0 Å². The number of Topliss-reactive ketones (excluding diaryl/α,β-unsaturated/α-hetero) is 1. The molecule has 0 bridgehead atoms. The second-order valence-electron chi connectivity index (χ2n) is 3.57. The summed E-state index contributed by atoms with van der Waals surface area (Å²) in [5, 5.41) is 0. The molecule has 82 valence electrons. The number of ketones is 1. The monoisotopic (exact) mass is 292 g/mol. The van der Waals surface area contributed by atoms with Crippen molar-refractivity contribution in [1.82, 2.24) is 0 Å². The number of sulfone groups is 1. The lowest BCUT2D eigenvalue weighted by molar-refractivity contribution is 0.0904. The van der Waals surface area contributed by atoms with E-state index in [0.29, 0.717) is 11.1 Å². The first-order chi connectivity index (χ1) is 6.98. The van der Waals surface area contributed by atoms with Gasteiger partial charge in [-0.2, -0.15) is 0 Å². The van der Waals surface area contributed by atoms with Gasteiger partial charge >= 0.3 is 0 Å². The van der Waals surface area contributed by atoms with Crippen LogP contribution >= 0.6 is 15.9 Å². The predicted molar refractivity (Wildman–Crippen MR) is 57.5 cm³/mol. The van der Waals surface area contributed by atoms with Crippen molar-refractivity contribution in [1.29, 1.82) is 0 Å². The SMILES string of the molecule is O=C(c1ccc(Br)o1)C1CCS(=O)(=O)C1. The summed E-state index contributed by atoms with van der Waals surface area (Å²) < 4.78 is 28.0. The summed E-state index contributed by atoms with van der Waals surface area (Å²) in [4.78, 5) is 11.8. The minimum Gasteiger partial charge on any atom is -0.446 e. The number of hydrogen-bond acceptors (Lipinski definition) is 4. The summed E-state index contributed by atoms with van der Waals surface area (Å²) in [5.74, 6) is -0.381. The Morgan fingerprint density at radius 1 is 1.47 bits per heavy atom. The van der Waals surface area contributed by atoms with Crippen molar-refractivity contribution in [3.63, 3.8) is 0 Å². The second-order valence-corrected chi connectivity index (χ2v) is 6.58. The summed E-state index contributed by atoms with van der Waals surface area (Å²) in [6.07, 6.45) is 0.402. The molecule has 2 heterocycles. The van der Waals surface area contributed by atoms with Crippen LogP contribution in [0, 0.1) is 5.92 Å². The van der Waals surface area contributed by atoms with Gasteiger partial charge in [-0.3, -0.25) is 4.79 Å². The number of hydrogen-bond donors (Lipinski definition) is 0. The minimum absolute atomic E-state index is 0.0514. The first kappa shape index (κ1) is 10.9. The highest BCUT2D eigenvalue weighted by Crippen LogP contribution is 2.24. The third kappa shape index (κ3) is 2.31. The average molecular weight is 293 g/mol. The first-order valence-corrected chi connectivity index (χ1v) is 7.09. The van der Waals surface area contributed by atoms with Crippen molar-refractivity contribution in [2.24, 2.45) is 5.92 Å². The van der Waals surface area contributed by atoms with Gasteiger partial charge in [0.05, 0.1) is 11.5 Å². The summed E-state index contributed by atoms with van der Waals surface area (Å²) >= 11 is 3.09. The van der Waals surface area contributed by atoms with Crippen LogP contribution in [0.15, 0.2) is 21.2 Å². The van der Waals surface area contributed by atoms with Gasteiger partial charge in [0.25, 0.3) is 0 Å². The molecule has 1 saturated heterocycles. The summed E-state index contributed by atoms with van der Waals surface area (Å²) in [5.41, 5.74) is 0. The molecule has 0 saturated carbocycles. The Bertz CT molecular complexity index is 488. The second kappa shape index (κ2) is 3.75. The van der Waals surface area contributed by atoms with Crippen molar-refractivity contribution in [3.8, 4) is 0 Å². The predicted octanol–water partition coefficient (Wildman–Crippen LogP) is 1.66. The minimum atomic E-state index is -3.02. The van der Waals surface area contributed by atoms with Crippen LogP contribution in [0.1, 0.15) is 17.0 Å². The molecule has 1 aliphatic rings. The topological polar surface area (TPSA) is 64.3 Å². The molecule has 1 aromatic rings. The highest BCUT2D eigenvalue weighted by molar-refractivity contribution is 9.10. The highest BCUT2D eigenvalue weighted by atomic mass is 79.9. The first-order valence-electron chi connectivity index (χ1n) is 4.48. The zero-order chi connectivity index (χ0) is 11.1. The van der Waals surface area contributed by atoms with Crippen molar-refractivity contribution in [3.05, 3.63) is 22.6 Å². The van der Waals surface area contributed by atoms with E-state index in [1.54, 1.807) is 12.1 Å². The summed E-state index contributed by atoms with van der Waals surface area (Å²) in [6.45, 7) is 0. The number of halogens is 1. The van der Waals surface area contributed by atoms with E-state index in [4.69, 9.17) is 4.42 Å². The lowest BCUT2D eigenvalue weighted by Crippen LogP contribution is -2.15. The molecule has 0 aromatic carbocycles. The molecule has 0 N–H and O–H groups in total. The standard InChI is InChI=1S/C9H9BrO4S/c10-8-2-1-7(14-8)9(11)6-3-4-15(12,13)5-6/h1-2,6H,3-5H2. The van der Waals surface area contributed by atoms with Gasteiger partial charge in [0.15, 0.2) is 20.3 Å². The van der Waals surface area contributed by atoms with E-state index in [1.165, 1.54) is 0 Å². The van der Waals surface area contributed by atoms with E-state index in [1.807, 2.05) is 0 Å². The van der Waals surface area contributed by atoms with Crippen molar-refractivity contribution in [2.45, 2.75) is 6.42 Å². The summed E-state index contributed by atoms with van der Waals surface area (Å²) in [6, 6.07) is 3.17. The van der Waals surface area contributed by atoms with Gasteiger partial charge < -0.3 is 4.42 Å². The third-order valence-corrected chi connectivity index (χ3v) is 4.61. The molecule has 0 aliphatic carbocycles. The van der Waals surface area contributed by atoms with Crippen LogP contribution < -0.4 is 0 Å². The fourth-order valence-corrected chi connectivity index (χ4v) is 3.70. The van der Waals surface area contributed by atoms with Gasteiger partial charge in [-0.05, 0) is 34.5 Å². The normalized spacial score (nSPS) is 24.2. The zero-order valence-electron chi connectivity index (χ0n) is 7.77. The van der Waals surface area contributed by atoms with E-state index in [2.05, 4.69) is 15.9 Å². The van der Waals surface area contributed by atoms with Crippen molar-refractivity contribution in [2.75, 3.05) is 11.5 Å². The molecule has 1 aliphatic heterocycles. The van der Waals surface area contributed by atoms with Gasteiger partial charge in [-0.1, -0.05) is 0 Å². The lowest BCUT2D eigenvalue weighted by atomic mass is 10.0. The smallest absolute Gasteiger partial charge is 0.202 e. The Labute approximate surface area is 95.7 Å². The third-order valence-electron chi connectivity index (χ3n) is 2.42. The van der Waals surface area contributed by atoms with Crippen LogP contribution in [0.4, 0.5) is 0 Å². The molecule has 1 atom stereocenters.